The zero-order chi connectivity index (χ0) is 13.5. The molecule has 0 aromatic carbocycles. The molecule has 0 aromatic rings. The Balaban J connectivity index is 2.02. The molecular weight excluding hydrogens is 268 g/mol. The number of allylic oxidation sites excluding steroid dienone is 8. The van der Waals surface area contributed by atoms with Gasteiger partial charge in [0.15, 0.2) is 8.83 Å². The Morgan fingerprint density at radius 2 is 1.58 bits per heavy atom. The fourth-order valence-corrected chi connectivity index (χ4v) is 4.61. The lowest BCUT2D eigenvalue weighted by Gasteiger charge is -2.18. The fourth-order valence-electron chi connectivity index (χ4n) is 2.96. The van der Waals surface area contributed by atoms with E-state index >= 15 is 0 Å². The van der Waals surface area contributed by atoms with Crippen LogP contribution in [0.1, 0.15) is 45.4 Å². The molecule has 2 rings (SSSR count). The van der Waals surface area contributed by atoms with Crippen LogP contribution in [0.4, 0.5) is 0 Å². The Morgan fingerprint density at radius 3 is 2.05 bits per heavy atom. The van der Waals surface area contributed by atoms with Crippen molar-refractivity contribution in [3.05, 3.63) is 47.2 Å². The van der Waals surface area contributed by atoms with Crippen LogP contribution in [-0.2, 0) is 0 Å². The quantitative estimate of drug-likeness (QED) is 0.301. The molecule has 19 heavy (non-hydrogen) atoms. The van der Waals surface area contributed by atoms with Gasteiger partial charge in [-0.3, -0.25) is 0 Å². The molecule has 2 aliphatic rings. The van der Waals surface area contributed by atoms with Crippen molar-refractivity contribution < 1.29 is 0 Å². The van der Waals surface area contributed by atoms with Gasteiger partial charge >= 0.3 is 0 Å². The molecule has 0 nitrogen and oxygen atoms in total. The van der Waals surface area contributed by atoms with Crippen molar-refractivity contribution in [1.82, 2.24) is 0 Å². The van der Waals surface area contributed by atoms with Crippen LogP contribution in [0.15, 0.2) is 47.2 Å². The van der Waals surface area contributed by atoms with Gasteiger partial charge in [0.2, 0.25) is 0 Å². The molecule has 0 radical (unpaired) electrons. The summed E-state index contributed by atoms with van der Waals surface area (Å²) in [5.41, 5.74) is 1.46. The minimum Gasteiger partial charge on any atom is -0.170 e. The minimum absolute atomic E-state index is 0.588. The lowest BCUT2D eigenvalue weighted by atomic mass is 9.91. The predicted molar refractivity (Wildman–Crippen MR) is 89.2 cm³/mol. The number of rotatable bonds is 4. The average Bonchev–Trinajstić information content (AvgIpc) is 2.47. The molecule has 104 valence electrons. The zero-order valence-electron chi connectivity index (χ0n) is 11.9. The molecule has 0 spiro atoms. The number of hydrogen-bond acceptors (Lipinski definition) is 0. The second-order valence-corrected chi connectivity index (χ2v) is 7.60. The molecular formula is C17H25ClSi. The van der Waals surface area contributed by atoms with Crippen LogP contribution in [0, 0.1) is 11.8 Å². The third kappa shape index (κ3) is 4.81. The molecule has 2 unspecified atom stereocenters. The standard InChI is InChI=1S/C17H25ClSi/c1-14(12-15-8-4-2-5-9-15)17(19-18)13-16-10-6-3-7-11-16/h2-4,6,12-13,15-16H,5,7-11,19H2,1H3. The van der Waals surface area contributed by atoms with Crippen LogP contribution in [-0.4, -0.2) is 8.83 Å². The van der Waals surface area contributed by atoms with Crippen molar-refractivity contribution in [2.24, 2.45) is 11.8 Å². The van der Waals surface area contributed by atoms with Crippen LogP contribution < -0.4 is 0 Å². The Kier molecular flexibility index (Phi) is 6.19. The molecule has 0 fully saturated rings. The van der Waals surface area contributed by atoms with E-state index in [0.717, 1.165) is 11.8 Å². The Labute approximate surface area is 124 Å². The van der Waals surface area contributed by atoms with Gasteiger partial charge in [0.05, 0.1) is 0 Å². The zero-order valence-corrected chi connectivity index (χ0v) is 14.1. The molecule has 0 aliphatic heterocycles. The molecule has 0 heterocycles. The maximum absolute atomic E-state index is 6.30. The maximum atomic E-state index is 6.30. The minimum atomic E-state index is -0.588. The van der Waals surface area contributed by atoms with E-state index in [1.54, 1.807) is 0 Å². The largest absolute Gasteiger partial charge is 0.170 e. The first-order valence-corrected chi connectivity index (χ1v) is 10.4. The van der Waals surface area contributed by atoms with Gasteiger partial charge in [0.1, 0.15) is 0 Å². The summed E-state index contributed by atoms with van der Waals surface area (Å²) < 4.78 is 0. The first-order chi connectivity index (χ1) is 9.29. The first-order valence-electron chi connectivity index (χ1n) is 7.55. The van der Waals surface area contributed by atoms with Crippen molar-refractivity contribution in [2.75, 3.05) is 0 Å². The second-order valence-electron chi connectivity index (χ2n) is 5.76. The van der Waals surface area contributed by atoms with Crippen molar-refractivity contribution in [2.45, 2.75) is 45.4 Å². The fraction of sp³-hybridized carbons (Fsp3) is 0.529. The first kappa shape index (κ1) is 14.9. The smallest absolute Gasteiger partial charge is 0.155 e. The van der Waals surface area contributed by atoms with Crippen molar-refractivity contribution in [1.29, 1.82) is 0 Å². The maximum Gasteiger partial charge on any atom is 0.155 e. The summed E-state index contributed by atoms with van der Waals surface area (Å²) in [7, 11) is -0.588. The average molecular weight is 293 g/mol. The summed E-state index contributed by atoms with van der Waals surface area (Å²) in [6, 6.07) is 0. The van der Waals surface area contributed by atoms with Gasteiger partial charge in [0, 0.05) is 0 Å². The summed E-state index contributed by atoms with van der Waals surface area (Å²) >= 11 is 6.30. The van der Waals surface area contributed by atoms with E-state index in [1.807, 2.05) is 0 Å². The van der Waals surface area contributed by atoms with Crippen molar-refractivity contribution in [3.8, 4) is 0 Å². The number of hydrogen-bond donors (Lipinski definition) is 0. The van der Waals surface area contributed by atoms with Crippen LogP contribution in [0.2, 0.25) is 0 Å². The third-order valence-corrected chi connectivity index (χ3v) is 6.14. The van der Waals surface area contributed by atoms with Gasteiger partial charge in [-0.05, 0) is 57.3 Å². The van der Waals surface area contributed by atoms with E-state index in [0.29, 0.717) is 0 Å². The van der Waals surface area contributed by atoms with E-state index in [9.17, 15) is 0 Å². The SMILES string of the molecule is CC(=CC1CC=CCC1)C(=CC1CC=CCC1)[SiH2]Cl. The normalized spacial score (nSPS) is 29.4. The molecule has 0 saturated heterocycles. The van der Waals surface area contributed by atoms with E-state index in [1.165, 1.54) is 49.3 Å². The lowest BCUT2D eigenvalue weighted by molar-refractivity contribution is 0.577. The summed E-state index contributed by atoms with van der Waals surface area (Å²) in [5.74, 6) is 1.46. The molecule has 0 aromatic heterocycles. The van der Waals surface area contributed by atoms with Gasteiger partial charge in [-0.1, -0.05) is 47.2 Å². The Hall–Kier alpha value is -0.533. The highest BCUT2D eigenvalue weighted by Crippen LogP contribution is 2.26. The lowest BCUT2D eigenvalue weighted by Crippen LogP contribution is -2.05. The van der Waals surface area contributed by atoms with Gasteiger partial charge in [-0.2, -0.15) is 11.1 Å². The van der Waals surface area contributed by atoms with Crippen LogP contribution in [0.25, 0.3) is 0 Å². The predicted octanol–water partition coefficient (Wildman–Crippen LogP) is 4.85. The molecule has 0 saturated carbocycles. The molecule has 2 heteroatoms. The van der Waals surface area contributed by atoms with Gasteiger partial charge < -0.3 is 0 Å². The third-order valence-electron chi connectivity index (χ3n) is 4.19. The summed E-state index contributed by atoms with van der Waals surface area (Å²) in [5, 5.41) is 1.48. The van der Waals surface area contributed by atoms with Gasteiger partial charge in [0.25, 0.3) is 0 Å². The molecule has 2 aliphatic carbocycles. The second kappa shape index (κ2) is 7.91. The molecule has 2 atom stereocenters. The topological polar surface area (TPSA) is 0 Å². The van der Waals surface area contributed by atoms with Crippen molar-refractivity contribution >= 4 is 19.9 Å². The monoisotopic (exact) mass is 292 g/mol. The number of halogens is 1. The highest BCUT2D eigenvalue weighted by molar-refractivity contribution is 6.98. The van der Waals surface area contributed by atoms with Crippen LogP contribution >= 0.6 is 11.1 Å². The van der Waals surface area contributed by atoms with Crippen LogP contribution in [0.3, 0.4) is 0 Å². The highest BCUT2D eigenvalue weighted by atomic mass is 35.6. The Bertz CT molecular complexity index is 403. The van der Waals surface area contributed by atoms with E-state index in [4.69, 9.17) is 11.1 Å². The van der Waals surface area contributed by atoms with E-state index in [-0.39, 0.29) is 0 Å². The van der Waals surface area contributed by atoms with Crippen molar-refractivity contribution in [3.63, 3.8) is 0 Å². The Morgan fingerprint density at radius 1 is 1.00 bits per heavy atom. The molecule has 0 bridgehead atoms. The summed E-state index contributed by atoms with van der Waals surface area (Å²) in [6.45, 7) is 2.26. The van der Waals surface area contributed by atoms with Crippen LogP contribution in [0.5, 0.6) is 0 Å². The summed E-state index contributed by atoms with van der Waals surface area (Å²) in [6.07, 6.45) is 21.7. The summed E-state index contributed by atoms with van der Waals surface area (Å²) in [4.78, 5) is 0. The van der Waals surface area contributed by atoms with E-state index < -0.39 is 8.83 Å². The van der Waals surface area contributed by atoms with E-state index in [2.05, 4.69) is 43.4 Å². The molecule has 0 amide bonds. The van der Waals surface area contributed by atoms with Gasteiger partial charge in [-0.15, -0.1) is 0 Å². The van der Waals surface area contributed by atoms with Gasteiger partial charge in [-0.25, -0.2) is 0 Å². The highest BCUT2D eigenvalue weighted by Gasteiger charge is 2.12. The molecule has 0 N–H and O–H groups in total.